The van der Waals surface area contributed by atoms with Gasteiger partial charge in [0.1, 0.15) is 29.1 Å². The van der Waals surface area contributed by atoms with Gasteiger partial charge in [-0.3, -0.25) is 14.4 Å². The Bertz CT molecular complexity index is 1060. The summed E-state index contributed by atoms with van der Waals surface area (Å²) in [4.78, 5) is 35.3. The first-order valence-corrected chi connectivity index (χ1v) is 9.98. The molecule has 0 saturated carbocycles. The lowest BCUT2D eigenvalue weighted by Crippen LogP contribution is -2.11. The molecule has 0 heterocycles. The topological polar surface area (TPSA) is 97.4 Å². The fourth-order valence-electron chi connectivity index (χ4n) is 3.34. The largest absolute Gasteiger partial charge is 0.496 e. The van der Waals surface area contributed by atoms with Gasteiger partial charge in [0, 0.05) is 32.8 Å². The molecule has 0 bridgehead atoms. The number of ether oxygens (including phenoxy) is 5. The van der Waals surface area contributed by atoms with E-state index in [0.29, 0.717) is 34.3 Å². The van der Waals surface area contributed by atoms with Gasteiger partial charge in [-0.2, -0.15) is 0 Å². The Morgan fingerprint density at radius 2 is 1.38 bits per heavy atom. The number of hydrogen-bond donors (Lipinski definition) is 0. The minimum atomic E-state index is -0.696. The zero-order chi connectivity index (χ0) is 24.0. The van der Waals surface area contributed by atoms with Crippen molar-refractivity contribution in [2.24, 2.45) is 0 Å². The molecular weight excluding hydrogens is 416 g/mol. The van der Waals surface area contributed by atoms with Gasteiger partial charge in [-0.15, -0.1) is 0 Å². The summed E-state index contributed by atoms with van der Waals surface area (Å²) >= 11 is 0. The molecule has 2 aromatic carbocycles. The van der Waals surface area contributed by atoms with Crippen LogP contribution < -0.4 is 18.9 Å². The van der Waals surface area contributed by atoms with E-state index in [1.807, 2.05) is 19.9 Å². The lowest BCUT2D eigenvalue weighted by atomic mass is 9.97. The van der Waals surface area contributed by atoms with E-state index >= 15 is 0 Å². The number of esters is 3. The molecule has 0 amide bonds. The number of benzene rings is 2. The predicted molar refractivity (Wildman–Crippen MR) is 118 cm³/mol. The third-order valence-electron chi connectivity index (χ3n) is 4.48. The summed E-state index contributed by atoms with van der Waals surface area (Å²) < 4.78 is 27.7. The Hall–Kier alpha value is -3.55. The number of allylic oxidation sites excluding steroid dienone is 1. The minimum absolute atomic E-state index is 0.184. The zero-order valence-electron chi connectivity index (χ0n) is 19.4. The number of rotatable bonds is 8. The molecule has 2 aromatic rings. The lowest BCUT2D eigenvalue weighted by Gasteiger charge is -2.23. The molecule has 0 fully saturated rings. The summed E-state index contributed by atoms with van der Waals surface area (Å²) in [5.41, 5.74) is 1.56. The van der Waals surface area contributed by atoms with Crippen molar-refractivity contribution < 1.29 is 38.1 Å². The molecule has 0 N–H and O–H groups in total. The van der Waals surface area contributed by atoms with Crippen LogP contribution in [0.4, 0.5) is 0 Å². The van der Waals surface area contributed by atoms with Crippen LogP contribution in [0.25, 0.3) is 10.8 Å². The predicted octanol–water partition coefficient (Wildman–Crippen LogP) is 4.67. The van der Waals surface area contributed by atoms with Crippen LogP contribution in [0.5, 0.6) is 23.0 Å². The summed E-state index contributed by atoms with van der Waals surface area (Å²) in [5.74, 6) is -0.512. The lowest BCUT2D eigenvalue weighted by molar-refractivity contribution is -0.146. The molecule has 0 aromatic heterocycles. The molecule has 0 aliphatic rings. The monoisotopic (exact) mass is 444 g/mol. The first-order chi connectivity index (χ1) is 15.1. The number of fused-ring (bicyclic) bond motifs is 1. The van der Waals surface area contributed by atoms with Crippen LogP contribution in [-0.4, -0.2) is 32.1 Å². The maximum atomic E-state index is 11.8. The Kier molecular flexibility index (Phi) is 8.23. The first-order valence-electron chi connectivity index (χ1n) is 9.98. The van der Waals surface area contributed by atoms with Crippen LogP contribution in [0, 0.1) is 0 Å². The number of carbonyl (C=O) groups excluding carboxylic acids is 3. The Balaban J connectivity index is 2.96. The van der Waals surface area contributed by atoms with Crippen molar-refractivity contribution in [2.45, 2.75) is 47.1 Å². The van der Waals surface area contributed by atoms with E-state index in [9.17, 15) is 14.4 Å². The smallest absolute Gasteiger partial charge is 0.308 e. The van der Waals surface area contributed by atoms with Gasteiger partial charge in [-0.25, -0.2) is 0 Å². The average Bonchev–Trinajstić information content (AvgIpc) is 2.70. The van der Waals surface area contributed by atoms with Crippen molar-refractivity contribution in [1.29, 1.82) is 0 Å². The summed E-state index contributed by atoms with van der Waals surface area (Å²) in [6.07, 6.45) is 1.63. The van der Waals surface area contributed by atoms with Gasteiger partial charge in [0.25, 0.3) is 0 Å². The highest BCUT2D eigenvalue weighted by atomic mass is 16.6. The van der Waals surface area contributed by atoms with E-state index in [1.165, 1.54) is 47.1 Å². The van der Waals surface area contributed by atoms with Gasteiger partial charge < -0.3 is 23.7 Å². The second-order valence-corrected chi connectivity index (χ2v) is 7.32. The fourth-order valence-corrected chi connectivity index (χ4v) is 3.34. The van der Waals surface area contributed by atoms with E-state index in [0.717, 1.165) is 5.57 Å². The van der Waals surface area contributed by atoms with Gasteiger partial charge >= 0.3 is 17.9 Å². The van der Waals surface area contributed by atoms with Gasteiger partial charge in [-0.1, -0.05) is 11.6 Å². The molecule has 0 radical (unpaired) electrons. The minimum Gasteiger partial charge on any atom is -0.496 e. The maximum Gasteiger partial charge on any atom is 0.308 e. The number of methoxy groups -OCH3 is 2. The molecular formula is C24H28O8. The summed E-state index contributed by atoms with van der Waals surface area (Å²) in [6.45, 7) is 7.75. The molecule has 172 valence electrons. The molecule has 0 aliphatic heterocycles. The third-order valence-corrected chi connectivity index (χ3v) is 4.48. The quantitative estimate of drug-likeness (QED) is 0.329. The van der Waals surface area contributed by atoms with E-state index in [-0.39, 0.29) is 11.5 Å². The van der Waals surface area contributed by atoms with Gasteiger partial charge in [0.05, 0.1) is 25.0 Å². The van der Waals surface area contributed by atoms with E-state index in [2.05, 4.69) is 0 Å². The number of hydrogen-bond acceptors (Lipinski definition) is 8. The van der Waals surface area contributed by atoms with Crippen LogP contribution in [0.1, 0.15) is 52.7 Å². The molecule has 0 spiro atoms. The fraction of sp³-hybridized carbons (Fsp3) is 0.375. The molecule has 8 nitrogen and oxygen atoms in total. The highest BCUT2D eigenvalue weighted by molar-refractivity contribution is 6.04. The first kappa shape index (κ1) is 24.7. The van der Waals surface area contributed by atoms with Crippen molar-refractivity contribution in [3.63, 3.8) is 0 Å². The highest BCUT2D eigenvalue weighted by Gasteiger charge is 2.27. The van der Waals surface area contributed by atoms with E-state index < -0.39 is 24.0 Å². The number of carbonyl (C=O) groups is 3. The van der Waals surface area contributed by atoms with Crippen molar-refractivity contribution in [3.05, 3.63) is 35.4 Å². The standard InChI is InChI=1S/C24H28O8/c1-13(2)8-9-18(30-14(3)25)17-12-21(28-6)22-19(31-15(4)26)10-11-20(32-16(5)27)23(22)24(17)29-7/h8,10-12,18H,9H2,1-7H3. The van der Waals surface area contributed by atoms with E-state index in [4.69, 9.17) is 23.7 Å². The van der Waals surface area contributed by atoms with Gasteiger partial charge in [0.15, 0.2) is 0 Å². The molecule has 1 atom stereocenters. The van der Waals surface area contributed by atoms with Crippen LogP contribution >= 0.6 is 0 Å². The normalized spacial score (nSPS) is 11.3. The highest BCUT2D eigenvalue weighted by Crippen LogP contribution is 2.49. The van der Waals surface area contributed by atoms with Crippen molar-refractivity contribution in [3.8, 4) is 23.0 Å². The van der Waals surface area contributed by atoms with Crippen molar-refractivity contribution in [1.82, 2.24) is 0 Å². The van der Waals surface area contributed by atoms with Crippen LogP contribution in [0.3, 0.4) is 0 Å². The van der Waals surface area contributed by atoms with Crippen molar-refractivity contribution >= 4 is 28.7 Å². The second kappa shape index (κ2) is 10.7. The molecule has 1 unspecified atom stereocenters. The summed E-state index contributed by atoms with van der Waals surface area (Å²) in [6, 6.07) is 4.68. The molecule has 0 aliphatic carbocycles. The van der Waals surface area contributed by atoms with Crippen LogP contribution in [0.15, 0.2) is 29.8 Å². The second-order valence-electron chi connectivity index (χ2n) is 7.32. The Morgan fingerprint density at radius 3 is 1.81 bits per heavy atom. The average molecular weight is 444 g/mol. The van der Waals surface area contributed by atoms with Crippen LogP contribution in [-0.2, 0) is 19.1 Å². The molecule has 32 heavy (non-hydrogen) atoms. The zero-order valence-corrected chi connectivity index (χ0v) is 19.4. The Labute approximate surface area is 187 Å². The van der Waals surface area contributed by atoms with E-state index in [1.54, 1.807) is 6.07 Å². The third kappa shape index (κ3) is 5.78. The van der Waals surface area contributed by atoms with Gasteiger partial charge in [0.2, 0.25) is 0 Å². The Morgan fingerprint density at radius 1 is 0.812 bits per heavy atom. The van der Waals surface area contributed by atoms with Crippen LogP contribution in [0.2, 0.25) is 0 Å². The molecule has 2 rings (SSSR count). The van der Waals surface area contributed by atoms with Crippen molar-refractivity contribution in [2.75, 3.05) is 14.2 Å². The summed E-state index contributed by atoms with van der Waals surface area (Å²) in [5, 5.41) is 0.732. The molecule has 0 saturated heterocycles. The maximum absolute atomic E-state index is 11.8. The molecule has 8 heteroatoms. The van der Waals surface area contributed by atoms with Gasteiger partial charge in [-0.05, 0) is 32.0 Å². The summed E-state index contributed by atoms with van der Waals surface area (Å²) in [7, 11) is 2.91. The SMILES string of the molecule is COc1cc(C(CC=C(C)C)OC(C)=O)c(OC)c2c(OC(C)=O)ccc(OC(C)=O)c12.